The van der Waals surface area contributed by atoms with Crippen molar-refractivity contribution in [2.24, 2.45) is 14.1 Å². The highest BCUT2D eigenvalue weighted by atomic mass is 19.1. The van der Waals surface area contributed by atoms with Crippen molar-refractivity contribution < 1.29 is 9.18 Å². The van der Waals surface area contributed by atoms with Gasteiger partial charge in [-0.15, -0.1) is 0 Å². The summed E-state index contributed by atoms with van der Waals surface area (Å²) < 4.78 is 15.2. The highest BCUT2D eigenvalue weighted by molar-refractivity contribution is 6.01. The van der Waals surface area contributed by atoms with Crippen LogP contribution in [0.25, 0.3) is 6.08 Å². The summed E-state index contributed by atoms with van der Waals surface area (Å²) in [5.74, 6) is -0.977. The van der Waals surface area contributed by atoms with Gasteiger partial charge in [0.1, 0.15) is 5.82 Å². The minimum absolute atomic E-state index is 0.194. The van der Waals surface area contributed by atoms with E-state index in [0.29, 0.717) is 5.69 Å². The molecule has 6 nitrogen and oxygen atoms in total. The molecule has 0 aliphatic heterocycles. The number of benzene rings is 1. The van der Waals surface area contributed by atoms with Crippen molar-refractivity contribution in [3.05, 3.63) is 68.8 Å². The zero-order chi connectivity index (χ0) is 16.3. The summed E-state index contributed by atoms with van der Waals surface area (Å²) in [6.07, 6.45) is 3.79. The Bertz CT molecular complexity index is 865. The molecule has 0 atom stereocenters. The van der Waals surface area contributed by atoms with E-state index in [2.05, 4.69) is 5.32 Å². The fraction of sp³-hybridized carbons (Fsp3) is 0.133. The van der Waals surface area contributed by atoms with Crippen molar-refractivity contribution in [2.45, 2.75) is 0 Å². The van der Waals surface area contributed by atoms with Gasteiger partial charge in [-0.3, -0.25) is 14.2 Å². The maximum Gasteiger partial charge on any atom is 0.330 e. The van der Waals surface area contributed by atoms with Crippen LogP contribution in [0.1, 0.15) is 5.56 Å². The van der Waals surface area contributed by atoms with E-state index in [1.54, 1.807) is 6.07 Å². The molecule has 0 unspecified atom stereocenters. The van der Waals surface area contributed by atoms with Gasteiger partial charge in [-0.05, 0) is 24.3 Å². The largest absolute Gasteiger partial charge is 0.330 e. The number of nitrogens with zero attached hydrogens (tertiary/aromatic N) is 2. The molecular formula is C15H14FN3O3. The Hall–Kier alpha value is -2.96. The van der Waals surface area contributed by atoms with Gasteiger partial charge >= 0.3 is 5.69 Å². The third kappa shape index (κ3) is 3.38. The third-order valence-corrected chi connectivity index (χ3v) is 2.98. The Morgan fingerprint density at radius 2 is 2.00 bits per heavy atom. The lowest BCUT2D eigenvalue weighted by molar-refractivity contribution is -0.111. The minimum atomic E-state index is -0.512. The molecule has 114 valence electrons. The second-order valence-electron chi connectivity index (χ2n) is 4.68. The molecule has 1 aromatic carbocycles. The fourth-order valence-electron chi connectivity index (χ4n) is 1.87. The van der Waals surface area contributed by atoms with Gasteiger partial charge in [0.25, 0.3) is 5.56 Å². The summed E-state index contributed by atoms with van der Waals surface area (Å²) >= 11 is 0. The molecule has 1 amide bonds. The lowest BCUT2D eigenvalue weighted by Gasteiger charge is -2.04. The average Bonchev–Trinajstić information content (AvgIpc) is 2.47. The average molecular weight is 303 g/mol. The number of aromatic nitrogens is 2. The Morgan fingerprint density at radius 3 is 2.68 bits per heavy atom. The monoisotopic (exact) mass is 303 g/mol. The van der Waals surface area contributed by atoms with Crippen LogP contribution in [0.2, 0.25) is 0 Å². The van der Waals surface area contributed by atoms with E-state index in [1.165, 1.54) is 49.1 Å². The zero-order valence-electron chi connectivity index (χ0n) is 12.0. The summed E-state index contributed by atoms with van der Waals surface area (Å²) in [5, 5.41) is 2.47. The molecule has 0 spiro atoms. The number of carbonyl (C=O) groups excluding carboxylic acids is 1. The summed E-state index contributed by atoms with van der Waals surface area (Å²) in [5.41, 5.74) is -0.453. The van der Waals surface area contributed by atoms with Crippen molar-refractivity contribution in [1.29, 1.82) is 0 Å². The highest BCUT2D eigenvalue weighted by Crippen LogP contribution is 2.09. The van der Waals surface area contributed by atoms with Crippen molar-refractivity contribution in [3.63, 3.8) is 0 Å². The number of anilines is 1. The minimum Gasteiger partial charge on any atom is -0.322 e. The van der Waals surface area contributed by atoms with Gasteiger partial charge in [-0.25, -0.2) is 9.18 Å². The number of nitrogens with one attached hydrogen (secondary N) is 1. The van der Waals surface area contributed by atoms with E-state index in [4.69, 9.17) is 0 Å². The molecule has 0 fully saturated rings. The highest BCUT2D eigenvalue weighted by Gasteiger charge is 2.05. The summed E-state index contributed by atoms with van der Waals surface area (Å²) in [7, 11) is 2.86. The van der Waals surface area contributed by atoms with Gasteiger partial charge in [-0.1, -0.05) is 6.07 Å². The van der Waals surface area contributed by atoms with E-state index in [9.17, 15) is 18.8 Å². The number of halogens is 1. The number of rotatable bonds is 3. The molecule has 1 aromatic heterocycles. The van der Waals surface area contributed by atoms with Crippen LogP contribution < -0.4 is 16.6 Å². The molecule has 0 aliphatic carbocycles. The molecule has 0 saturated carbocycles. The number of amides is 1. The topological polar surface area (TPSA) is 73.1 Å². The molecule has 1 N–H and O–H groups in total. The molecule has 0 bridgehead atoms. The maximum absolute atomic E-state index is 13.0. The number of carbonyl (C=O) groups is 1. The molecular weight excluding hydrogens is 289 g/mol. The first-order chi connectivity index (χ1) is 10.4. The van der Waals surface area contributed by atoms with E-state index in [1.807, 2.05) is 0 Å². The van der Waals surface area contributed by atoms with Crippen LogP contribution in [0.5, 0.6) is 0 Å². The summed E-state index contributed by atoms with van der Waals surface area (Å²) in [6, 6.07) is 5.45. The van der Waals surface area contributed by atoms with Crippen molar-refractivity contribution >= 4 is 17.7 Å². The van der Waals surface area contributed by atoms with Crippen molar-refractivity contribution in [2.75, 3.05) is 5.32 Å². The van der Waals surface area contributed by atoms with Gasteiger partial charge in [-0.2, -0.15) is 0 Å². The first-order valence-electron chi connectivity index (χ1n) is 6.40. The number of aryl methyl sites for hydroxylation is 1. The molecule has 2 rings (SSSR count). The van der Waals surface area contributed by atoms with E-state index in [-0.39, 0.29) is 5.56 Å². The second kappa shape index (κ2) is 6.21. The van der Waals surface area contributed by atoms with Crippen LogP contribution in [0, 0.1) is 5.82 Å². The quantitative estimate of drug-likeness (QED) is 0.855. The molecule has 1 heterocycles. The fourth-order valence-corrected chi connectivity index (χ4v) is 1.87. The van der Waals surface area contributed by atoms with Gasteiger partial charge in [0.2, 0.25) is 5.91 Å². The summed E-state index contributed by atoms with van der Waals surface area (Å²) in [6.45, 7) is 0. The summed E-state index contributed by atoms with van der Waals surface area (Å²) in [4.78, 5) is 35.2. The van der Waals surface area contributed by atoms with Gasteiger partial charge < -0.3 is 9.88 Å². The Kier molecular flexibility index (Phi) is 4.36. The van der Waals surface area contributed by atoms with Gasteiger partial charge in [0, 0.05) is 32.1 Å². The van der Waals surface area contributed by atoms with Crippen LogP contribution >= 0.6 is 0 Å². The van der Waals surface area contributed by atoms with Crippen LogP contribution in [0.15, 0.2) is 46.1 Å². The molecule has 2 aromatic rings. The molecule has 0 radical (unpaired) electrons. The van der Waals surface area contributed by atoms with Crippen molar-refractivity contribution in [1.82, 2.24) is 9.13 Å². The number of hydrogen-bond donors (Lipinski definition) is 1. The van der Waals surface area contributed by atoms with Crippen LogP contribution in [0.3, 0.4) is 0 Å². The van der Waals surface area contributed by atoms with Crippen molar-refractivity contribution in [3.8, 4) is 0 Å². The van der Waals surface area contributed by atoms with Crippen LogP contribution in [0.4, 0.5) is 10.1 Å². The molecule has 22 heavy (non-hydrogen) atoms. The van der Waals surface area contributed by atoms with E-state index >= 15 is 0 Å². The molecule has 7 heteroatoms. The molecule has 0 aliphatic rings. The van der Waals surface area contributed by atoms with Gasteiger partial charge in [0.05, 0.1) is 5.56 Å². The zero-order valence-corrected chi connectivity index (χ0v) is 12.0. The Balaban J connectivity index is 2.20. The van der Waals surface area contributed by atoms with Crippen LogP contribution in [-0.4, -0.2) is 15.0 Å². The van der Waals surface area contributed by atoms with Crippen LogP contribution in [-0.2, 0) is 18.9 Å². The number of hydrogen-bond acceptors (Lipinski definition) is 3. The lowest BCUT2D eigenvalue weighted by atomic mass is 10.2. The standard InChI is InChI=1S/C15H14FN3O3/c1-18-9-10(14(21)19(2)15(18)22)6-7-13(20)17-12-5-3-4-11(16)8-12/h3-9H,1-2H3,(H,17,20)/b7-6+. The molecule has 0 saturated heterocycles. The van der Waals surface area contributed by atoms with E-state index < -0.39 is 23.0 Å². The SMILES string of the molecule is Cn1cc(/C=C/C(=O)Nc2cccc(F)c2)c(=O)n(C)c1=O. The first kappa shape index (κ1) is 15.4. The normalized spacial score (nSPS) is 10.9. The van der Waals surface area contributed by atoms with Gasteiger partial charge in [0.15, 0.2) is 0 Å². The lowest BCUT2D eigenvalue weighted by Crippen LogP contribution is -2.37. The predicted molar refractivity (Wildman–Crippen MR) is 81.0 cm³/mol. The Labute approximate surface area is 125 Å². The third-order valence-electron chi connectivity index (χ3n) is 2.98. The maximum atomic E-state index is 13.0. The smallest absolute Gasteiger partial charge is 0.322 e. The predicted octanol–water partition coefficient (Wildman–Crippen LogP) is 0.875. The Morgan fingerprint density at radius 1 is 1.27 bits per heavy atom. The van der Waals surface area contributed by atoms with E-state index in [0.717, 1.165) is 10.6 Å². The first-order valence-corrected chi connectivity index (χ1v) is 6.40. The second-order valence-corrected chi connectivity index (χ2v) is 4.68.